The van der Waals surface area contributed by atoms with Crippen LogP contribution in [0.25, 0.3) is 0 Å². The van der Waals surface area contributed by atoms with Crippen molar-refractivity contribution in [3.05, 3.63) is 0 Å². The summed E-state index contributed by atoms with van der Waals surface area (Å²) in [4.78, 5) is 14.3. The molecule has 0 aliphatic carbocycles. The molecule has 2 atom stereocenters. The molecule has 0 aromatic carbocycles. The third-order valence-electron chi connectivity index (χ3n) is 2.88. The lowest BCUT2D eigenvalue weighted by molar-refractivity contribution is -0.141. The fraction of sp³-hybridized carbons (Fsp3) is 0.900. The summed E-state index contributed by atoms with van der Waals surface area (Å²) in [7, 11) is 0. The summed E-state index contributed by atoms with van der Waals surface area (Å²) in [6.07, 6.45) is 4.07. The van der Waals surface area contributed by atoms with Crippen molar-refractivity contribution in [3.8, 4) is 0 Å². The highest BCUT2D eigenvalue weighted by Gasteiger charge is 2.30. The zero-order chi connectivity index (χ0) is 9.97. The van der Waals surface area contributed by atoms with Crippen LogP contribution in [0.3, 0.4) is 0 Å². The first-order chi connectivity index (χ1) is 6.77. The zero-order valence-corrected chi connectivity index (χ0v) is 9.83. The van der Waals surface area contributed by atoms with Gasteiger partial charge in [-0.15, -0.1) is 0 Å². The van der Waals surface area contributed by atoms with Gasteiger partial charge in [-0.3, -0.25) is 4.79 Å². The second-order valence-electron chi connectivity index (χ2n) is 4.03. The average Bonchev–Trinajstić information content (AvgIpc) is 2.69. The number of rotatable bonds is 1. The fourth-order valence-corrected chi connectivity index (χ4v) is 2.77. The Hall–Kier alpha value is -0.0900. The molecule has 0 spiro atoms. The molecule has 2 saturated heterocycles. The lowest BCUT2D eigenvalue weighted by Crippen LogP contribution is -2.45. The minimum atomic E-state index is -0.146. The minimum Gasteiger partial charge on any atom is -0.368 e. The monoisotopic (exact) mass is 261 g/mol. The number of likely N-dealkylation sites (tertiary alicyclic amines) is 1. The van der Waals surface area contributed by atoms with Crippen molar-refractivity contribution in [1.29, 1.82) is 0 Å². The predicted molar refractivity (Wildman–Crippen MR) is 57.5 cm³/mol. The normalized spacial score (nSPS) is 33.4. The quantitative estimate of drug-likeness (QED) is 0.671. The second-order valence-corrected chi connectivity index (χ2v) is 5.32. The minimum absolute atomic E-state index is 0.146. The molecule has 3 nitrogen and oxygen atoms in total. The average molecular weight is 262 g/mol. The Morgan fingerprint density at radius 3 is 2.86 bits per heavy atom. The summed E-state index contributed by atoms with van der Waals surface area (Å²) in [5, 5.41) is 0. The maximum Gasteiger partial charge on any atom is 0.251 e. The van der Waals surface area contributed by atoms with Crippen LogP contribution in [-0.2, 0) is 9.53 Å². The molecule has 2 aliphatic rings. The molecule has 0 aromatic rings. The van der Waals surface area contributed by atoms with Crippen LogP contribution in [-0.4, -0.2) is 41.4 Å². The van der Waals surface area contributed by atoms with Crippen molar-refractivity contribution in [2.75, 3.05) is 19.7 Å². The van der Waals surface area contributed by atoms with Gasteiger partial charge < -0.3 is 9.64 Å². The van der Waals surface area contributed by atoms with Crippen LogP contribution in [0, 0.1) is 0 Å². The Morgan fingerprint density at radius 1 is 1.36 bits per heavy atom. The van der Waals surface area contributed by atoms with E-state index in [1.165, 1.54) is 6.42 Å². The summed E-state index contributed by atoms with van der Waals surface area (Å²) in [6, 6.07) is 0. The highest BCUT2D eigenvalue weighted by atomic mass is 79.9. The van der Waals surface area contributed by atoms with Gasteiger partial charge >= 0.3 is 0 Å². The van der Waals surface area contributed by atoms with Gasteiger partial charge in [-0.05, 0) is 25.7 Å². The number of halogens is 1. The molecule has 14 heavy (non-hydrogen) atoms. The molecule has 2 heterocycles. The van der Waals surface area contributed by atoms with E-state index in [1.807, 2.05) is 4.90 Å². The van der Waals surface area contributed by atoms with Gasteiger partial charge in [0.25, 0.3) is 5.91 Å². The third-order valence-corrected chi connectivity index (χ3v) is 3.63. The molecule has 0 bridgehead atoms. The Labute approximate surface area is 92.9 Å². The van der Waals surface area contributed by atoms with E-state index in [0.29, 0.717) is 4.83 Å². The van der Waals surface area contributed by atoms with Crippen LogP contribution in [0.2, 0.25) is 0 Å². The molecular weight excluding hydrogens is 246 g/mol. The van der Waals surface area contributed by atoms with Crippen molar-refractivity contribution < 1.29 is 9.53 Å². The van der Waals surface area contributed by atoms with E-state index in [4.69, 9.17) is 4.74 Å². The third kappa shape index (κ3) is 2.28. The molecule has 1 amide bonds. The van der Waals surface area contributed by atoms with Crippen molar-refractivity contribution in [2.45, 2.75) is 36.6 Å². The van der Waals surface area contributed by atoms with Gasteiger partial charge in [-0.25, -0.2) is 0 Å². The van der Waals surface area contributed by atoms with E-state index in [-0.39, 0.29) is 12.0 Å². The Balaban J connectivity index is 1.89. The molecular formula is C10H16BrNO2. The lowest BCUT2D eigenvalue weighted by Gasteiger charge is -2.31. The molecule has 2 unspecified atom stereocenters. The van der Waals surface area contributed by atoms with Crippen molar-refractivity contribution in [3.63, 3.8) is 0 Å². The van der Waals surface area contributed by atoms with Gasteiger partial charge in [0.15, 0.2) is 0 Å². The molecule has 0 aromatic heterocycles. The van der Waals surface area contributed by atoms with Crippen molar-refractivity contribution >= 4 is 21.8 Å². The standard InChI is InChI=1S/C10H16BrNO2/c11-8-3-1-5-12(7-8)10(13)9-4-2-6-14-9/h8-9H,1-7H2. The SMILES string of the molecule is O=C(C1CCCO1)N1CCCC(Br)C1. The number of hydrogen-bond donors (Lipinski definition) is 0. The fourth-order valence-electron chi connectivity index (χ4n) is 2.10. The largest absolute Gasteiger partial charge is 0.368 e. The van der Waals surface area contributed by atoms with E-state index in [9.17, 15) is 4.79 Å². The van der Waals surface area contributed by atoms with Gasteiger partial charge in [-0.2, -0.15) is 0 Å². The first kappa shape index (κ1) is 10.4. The highest BCUT2D eigenvalue weighted by molar-refractivity contribution is 9.09. The van der Waals surface area contributed by atoms with Gasteiger partial charge in [0.1, 0.15) is 6.10 Å². The van der Waals surface area contributed by atoms with E-state index >= 15 is 0 Å². The molecule has 0 radical (unpaired) electrons. The maximum absolute atomic E-state index is 11.9. The van der Waals surface area contributed by atoms with Crippen LogP contribution >= 0.6 is 15.9 Å². The van der Waals surface area contributed by atoms with Crippen molar-refractivity contribution in [1.82, 2.24) is 4.90 Å². The number of alkyl halides is 1. The topological polar surface area (TPSA) is 29.5 Å². The zero-order valence-electron chi connectivity index (χ0n) is 8.25. The number of hydrogen-bond acceptors (Lipinski definition) is 2. The number of amides is 1. The number of nitrogens with zero attached hydrogens (tertiary/aromatic N) is 1. The molecule has 2 fully saturated rings. The molecule has 0 N–H and O–H groups in total. The Bertz CT molecular complexity index is 216. The molecule has 0 saturated carbocycles. The van der Waals surface area contributed by atoms with E-state index in [1.54, 1.807) is 0 Å². The summed E-state index contributed by atoms with van der Waals surface area (Å²) < 4.78 is 5.40. The molecule has 80 valence electrons. The predicted octanol–water partition coefficient (Wildman–Crippen LogP) is 1.55. The number of ether oxygens (including phenoxy) is 1. The van der Waals surface area contributed by atoms with Crippen LogP contribution < -0.4 is 0 Å². The molecule has 4 heteroatoms. The van der Waals surface area contributed by atoms with Crippen LogP contribution in [0.5, 0.6) is 0 Å². The first-order valence-electron chi connectivity index (χ1n) is 5.32. The molecule has 2 aliphatic heterocycles. The van der Waals surface area contributed by atoms with Gasteiger partial charge in [0.05, 0.1) is 0 Å². The number of carbonyl (C=O) groups is 1. The van der Waals surface area contributed by atoms with Crippen molar-refractivity contribution in [2.24, 2.45) is 0 Å². The van der Waals surface area contributed by atoms with E-state index < -0.39 is 0 Å². The highest BCUT2D eigenvalue weighted by Crippen LogP contribution is 2.20. The van der Waals surface area contributed by atoms with Crippen LogP contribution in [0.1, 0.15) is 25.7 Å². The maximum atomic E-state index is 11.9. The summed E-state index contributed by atoms with van der Waals surface area (Å²) in [5.41, 5.74) is 0. The second kappa shape index (κ2) is 4.62. The van der Waals surface area contributed by atoms with Gasteiger partial charge in [0.2, 0.25) is 0 Å². The smallest absolute Gasteiger partial charge is 0.251 e. The first-order valence-corrected chi connectivity index (χ1v) is 6.23. The lowest BCUT2D eigenvalue weighted by atomic mass is 10.1. The van der Waals surface area contributed by atoms with E-state index in [2.05, 4.69) is 15.9 Å². The molecule has 2 rings (SSSR count). The Morgan fingerprint density at radius 2 is 2.21 bits per heavy atom. The summed E-state index contributed by atoms with van der Waals surface area (Å²) >= 11 is 3.57. The number of carbonyl (C=O) groups excluding carboxylic acids is 1. The number of piperidine rings is 1. The van der Waals surface area contributed by atoms with E-state index in [0.717, 1.165) is 39.0 Å². The van der Waals surface area contributed by atoms with Gasteiger partial charge in [0, 0.05) is 24.5 Å². The Kier molecular flexibility index (Phi) is 3.44. The van der Waals surface area contributed by atoms with Crippen LogP contribution in [0.4, 0.5) is 0 Å². The summed E-state index contributed by atoms with van der Waals surface area (Å²) in [5.74, 6) is 0.201. The summed E-state index contributed by atoms with van der Waals surface area (Å²) in [6.45, 7) is 2.50. The van der Waals surface area contributed by atoms with Gasteiger partial charge in [-0.1, -0.05) is 15.9 Å². The van der Waals surface area contributed by atoms with Crippen LogP contribution in [0.15, 0.2) is 0 Å².